The van der Waals surface area contributed by atoms with Crippen molar-refractivity contribution in [1.29, 1.82) is 0 Å². The fourth-order valence-electron chi connectivity index (χ4n) is 11.5. The SMILES string of the molecule is CC(=O)NC1[C@H](OCC2O[C@@H](OC3[C@H](O)OC(C(N)=O)[C@@](C)(O)[C@@H]3OC(N)=O)C(NC(C)=O)[C@@H](C)[C@H]2O[C@@H]2OC(C)[C@H](O[C@@H]3OC(C(=O)NC4=C(O)CCC4=O)[C@H](C)[C@H](C)C3OC(C)=O)[C@H](C)C2NC(C)=O)OC(COC(C)=O)[C@H](O)[C@@H]1C. The summed E-state index contributed by atoms with van der Waals surface area (Å²) in [4.78, 5) is 115. The zero-order valence-corrected chi connectivity index (χ0v) is 48.2. The van der Waals surface area contributed by atoms with Gasteiger partial charge in [-0.3, -0.25) is 38.4 Å². The third-order valence-electron chi connectivity index (χ3n) is 16.0. The molecular weight excluding hydrogens is 1110 g/mol. The normalized spacial score (nSPS) is 41.0. The van der Waals surface area contributed by atoms with Gasteiger partial charge in [-0.15, -0.1) is 0 Å². The van der Waals surface area contributed by atoms with Gasteiger partial charge in [-0.25, -0.2) is 4.79 Å². The summed E-state index contributed by atoms with van der Waals surface area (Å²) in [6.07, 6.45) is -25.4. The zero-order chi connectivity index (χ0) is 61.8. The number of ether oxygens (including phenoxy) is 12. The van der Waals surface area contributed by atoms with Crippen LogP contribution in [0.1, 0.15) is 95.9 Å². The monoisotopic (exact) mass is 1190 g/mol. The molecule has 25 atom stereocenters. The Hall–Kier alpha value is -5.71. The van der Waals surface area contributed by atoms with Crippen LogP contribution in [0, 0.1) is 29.6 Å². The number of primary amides is 2. The van der Waals surface area contributed by atoms with E-state index in [1.54, 1.807) is 41.5 Å². The highest BCUT2D eigenvalue weighted by Gasteiger charge is 2.60. The number of amides is 6. The van der Waals surface area contributed by atoms with Crippen LogP contribution >= 0.6 is 0 Å². The van der Waals surface area contributed by atoms with E-state index in [0.717, 1.165) is 20.8 Å². The molecule has 6 amide bonds. The zero-order valence-electron chi connectivity index (χ0n) is 48.2. The minimum atomic E-state index is -2.52. The lowest BCUT2D eigenvalue weighted by molar-refractivity contribution is -0.368. The molecule has 5 saturated heterocycles. The fourth-order valence-corrected chi connectivity index (χ4v) is 11.5. The van der Waals surface area contributed by atoms with Crippen molar-refractivity contribution in [2.45, 2.75) is 218 Å². The highest BCUT2D eigenvalue weighted by Crippen LogP contribution is 2.41. The predicted octanol–water partition coefficient (Wildman–Crippen LogP) is -2.71. The molecule has 1 aliphatic carbocycles. The lowest BCUT2D eigenvalue weighted by atomic mass is 9.82. The van der Waals surface area contributed by atoms with Gasteiger partial charge in [0.2, 0.25) is 23.6 Å². The first-order chi connectivity index (χ1) is 38.7. The van der Waals surface area contributed by atoms with Gasteiger partial charge in [0.05, 0.1) is 49.1 Å². The Labute approximate surface area is 477 Å². The number of hydrogen-bond donors (Lipinski definition) is 10. The van der Waals surface area contributed by atoms with E-state index in [4.69, 9.17) is 68.3 Å². The minimum Gasteiger partial charge on any atom is -0.510 e. The Bertz CT molecular complexity index is 2450. The fraction of sp³-hybridized carbons (Fsp3) is 0.788. The number of aliphatic hydroxyl groups excluding tert-OH is 3. The van der Waals surface area contributed by atoms with Gasteiger partial charge in [0.25, 0.3) is 5.91 Å². The van der Waals surface area contributed by atoms with Crippen molar-refractivity contribution >= 4 is 53.4 Å². The van der Waals surface area contributed by atoms with Gasteiger partial charge in [-0.05, 0) is 19.8 Å². The van der Waals surface area contributed by atoms with Gasteiger partial charge in [0, 0.05) is 71.1 Å². The number of hydrogen-bond acceptors (Lipinski definition) is 25. The largest absolute Gasteiger partial charge is 0.510 e. The first-order valence-corrected chi connectivity index (χ1v) is 27.3. The molecule has 6 rings (SSSR count). The molecule has 0 radical (unpaired) electrons. The van der Waals surface area contributed by atoms with Crippen LogP contribution in [-0.2, 0) is 95.2 Å². The topological polar surface area (TPSA) is 445 Å². The summed E-state index contributed by atoms with van der Waals surface area (Å²) in [6, 6.07) is -3.53. The molecule has 0 aromatic heterocycles. The molecule has 12 N–H and O–H groups in total. The average molecular weight is 1190 g/mol. The number of rotatable bonds is 19. The number of allylic oxidation sites excluding steroid dienone is 2. The number of carbonyl (C=O) groups is 9. The highest BCUT2D eigenvalue weighted by atomic mass is 16.8. The van der Waals surface area contributed by atoms with Crippen LogP contribution in [0.5, 0.6) is 0 Å². The molecule has 31 nitrogen and oxygen atoms in total. The summed E-state index contributed by atoms with van der Waals surface area (Å²) >= 11 is 0. The summed E-state index contributed by atoms with van der Waals surface area (Å²) in [7, 11) is 0. The molecule has 5 heterocycles. The maximum absolute atomic E-state index is 13.8. The van der Waals surface area contributed by atoms with Crippen molar-refractivity contribution in [1.82, 2.24) is 21.3 Å². The lowest BCUT2D eigenvalue weighted by Gasteiger charge is -2.52. The van der Waals surface area contributed by atoms with Gasteiger partial charge in [-0.1, -0.05) is 34.6 Å². The third kappa shape index (κ3) is 15.4. The van der Waals surface area contributed by atoms with Crippen molar-refractivity contribution < 1.29 is 120 Å². The smallest absolute Gasteiger partial charge is 0.404 e. The molecule has 5 aliphatic heterocycles. The van der Waals surface area contributed by atoms with E-state index in [1.165, 1.54) is 20.8 Å². The molecule has 0 aromatic rings. The van der Waals surface area contributed by atoms with Crippen molar-refractivity contribution in [2.24, 2.45) is 41.1 Å². The minimum absolute atomic E-state index is 0.00642. The lowest BCUT2D eigenvalue weighted by Crippen LogP contribution is -2.71. The predicted molar refractivity (Wildman–Crippen MR) is 275 cm³/mol. The molecular formula is C52H80N6O25. The molecule has 5 fully saturated rings. The van der Waals surface area contributed by atoms with Crippen LogP contribution < -0.4 is 32.7 Å². The molecule has 468 valence electrons. The molecule has 0 saturated carbocycles. The average Bonchev–Trinajstić information content (AvgIpc) is 2.34. The Morgan fingerprint density at radius 1 is 0.614 bits per heavy atom. The Morgan fingerprint density at radius 3 is 1.69 bits per heavy atom. The van der Waals surface area contributed by atoms with Crippen molar-refractivity contribution in [3.8, 4) is 0 Å². The number of ketones is 1. The van der Waals surface area contributed by atoms with Crippen molar-refractivity contribution in [3.05, 3.63) is 11.5 Å². The van der Waals surface area contributed by atoms with Crippen molar-refractivity contribution in [3.63, 3.8) is 0 Å². The maximum atomic E-state index is 13.8. The van der Waals surface area contributed by atoms with E-state index in [0.29, 0.717) is 0 Å². The molecule has 0 aromatic carbocycles. The summed E-state index contributed by atoms with van der Waals surface area (Å²) in [5.41, 5.74) is 8.11. The van der Waals surface area contributed by atoms with Crippen LogP contribution in [0.2, 0.25) is 0 Å². The van der Waals surface area contributed by atoms with E-state index < -0.39 is 218 Å². The first kappa shape index (κ1) is 66.4. The molecule has 6 aliphatic rings. The molecule has 83 heavy (non-hydrogen) atoms. The summed E-state index contributed by atoms with van der Waals surface area (Å²) in [5.74, 6) is -9.83. The Kier molecular flexibility index (Phi) is 22.0. The quantitative estimate of drug-likeness (QED) is 0.0464. The second-order valence-corrected chi connectivity index (χ2v) is 22.3. The number of nitrogens with one attached hydrogen (secondary N) is 4. The molecule has 0 bridgehead atoms. The molecule has 0 spiro atoms. The number of esters is 2. The van der Waals surface area contributed by atoms with Crippen LogP contribution in [0.4, 0.5) is 4.79 Å². The first-order valence-electron chi connectivity index (χ1n) is 27.3. The van der Waals surface area contributed by atoms with Crippen molar-refractivity contribution in [2.75, 3.05) is 13.2 Å². The van der Waals surface area contributed by atoms with Crippen LogP contribution in [0.15, 0.2) is 11.5 Å². The Balaban J connectivity index is 1.37. The maximum Gasteiger partial charge on any atom is 0.404 e. The molecule has 31 heteroatoms. The van der Waals surface area contributed by atoms with Crippen LogP contribution in [0.25, 0.3) is 0 Å². The van der Waals surface area contributed by atoms with Gasteiger partial charge in [-0.2, -0.15) is 0 Å². The van der Waals surface area contributed by atoms with Crippen LogP contribution in [0.3, 0.4) is 0 Å². The standard InChI is InChI=1S/C52H80N6O25/c1-17-18(2)40(75-27(11)63)50(80-39(17)45(68)58-35-28(64)13-14-29(35)65)78-37-20(4)33(56-24(8)60)48(74-22(37)6)79-38-21(5)34(57-25(9)61)49(81-41-42(83-51(54)70)52(12,71)43(44(53)67)82-46(41)69)77-31(38)16-73-47-32(55-23(7)59)19(3)36(66)30(76-47)15-72-26(10)62/h17-22,30-34,36-43,46-50,64,66,69,71H,13-16H2,1-12H3,(H2,53,67)(H2,54,70)(H,55,59)(H,56,60)(H,57,61)(H,58,68)/t17-,18+,19-,20-,21-,22?,30?,31?,32?,33?,34?,36-,37-,38-,39?,40?,41?,42-,43?,46-,47-,48+,49+,50-,52+/m1/s1. The van der Waals surface area contributed by atoms with E-state index in [9.17, 15) is 63.6 Å². The highest BCUT2D eigenvalue weighted by molar-refractivity contribution is 6.02. The summed E-state index contributed by atoms with van der Waals surface area (Å²) in [5, 5.41) is 55.4. The second kappa shape index (κ2) is 27.5. The number of Topliss-reactive ketones (excluding diaryl/α,β-unsaturated/α-hetero) is 1. The van der Waals surface area contributed by atoms with E-state index in [2.05, 4.69) is 21.3 Å². The number of aliphatic hydroxyl groups is 4. The summed E-state index contributed by atoms with van der Waals surface area (Å²) in [6.45, 7) is 15.8. The van der Waals surface area contributed by atoms with Gasteiger partial charge < -0.3 is 110 Å². The van der Waals surface area contributed by atoms with Gasteiger partial charge in [0.15, 0.2) is 61.6 Å². The van der Waals surface area contributed by atoms with E-state index in [-0.39, 0.29) is 24.3 Å². The van der Waals surface area contributed by atoms with E-state index >= 15 is 0 Å². The third-order valence-corrected chi connectivity index (χ3v) is 16.0. The Morgan fingerprint density at radius 2 is 1.16 bits per heavy atom. The summed E-state index contributed by atoms with van der Waals surface area (Å²) < 4.78 is 73.4. The van der Waals surface area contributed by atoms with Crippen LogP contribution in [-0.4, -0.2) is 209 Å². The number of nitrogens with two attached hydrogens (primary N) is 2. The number of carbonyl (C=O) groups excluding carboxylic acids is 9. The van der Waals surface area contributed by atoms with Gasteiger partial charge in [0.1, 0.15) is 42.0 Å². The second-order valence-electron chi connectivity index (χ2n) is 22.3. The van der Waals surface area contributed by atoms with E-state index in [1.807, 2.05) is 0 Å². The van der Waals surface area contributed by atoms with Gasteiger partial charge >= 0.3 is 18.0 Å². The molecule has 10 unspecified atom stereocenters.